The van der Waals surface area contributed by atoms with Crippen LogP contribution in [0.25, 0.3) is 0 Å². The van der Waals surface area contributed by atoms with Gasteiger partial charge in [-0.25, -0.2) is 0 Å². The zero-order valence-corrected chi connectivity index (χ0v) is 3.89. The molecule has 1 rings (SSSR count). The summed E-state index contributed by atoms with van der Waals surface area (Å²) in [5.74, 6) is -1.46. The molecule has 0 aliphatic carbocycles. The number of anilines is 2. The Bertz CT molecular complexity index is 177. The molecule has 0 aliphatic rings. The van der Waals surface area contributed by atoms with Crippen LogP contribution in [-0.4, -0.2) is 5.16 Å². The number of nitrogen functional groups attached to an aromatic ring is 2. The van der Waals surface area contributed by atoms with E-state index in [1.54, 1.807) is 0 Å². The van der Waals surface area contributed by atoms with Crippen LogP contribution in [0.5, 0.6) is 0 Å². The monoisotopic (exact) mass is 117 g/mol. The van der Waals surface area contributed by atoms with E-state index in [4.69, 9.17) is 11.5 Å². The van der Waals surface area contributed by atoms with E-state index in [1.165, 1.54) is 0 Å². The highest BCUT2D eigenvalue weighted by molar-refractivity contribution is 5.39. The highest BCUT2D eigenvalue weighted by Crippen LogP contribution is 2.13. The van der Waals surface area contributed by atoms with Gasteiger partial charge in [0.2, 0.25) is 11.6 Å². The molecule has 0 aliphatic heterocycles. The summed E-state index contributed by atoms with van der Waals surface area (Å²) >= 11 is 0. The Balaban J connectivity index is 3.19. The van der Waals surface area contributed by atoms with Crippen molar-refractivity contribution in [3.8, 4) is 0 Å². The highest BCUT2D eigenvalue weighted by atomic mass is 19.1. The molecule has 4 nitrogen and oxygen atoms in total. The van der Waals surface area contributed by atoms with Crippen molar-refractivity contribution in [3.05, 3.63) is 5.82 Å². The third-order valence-corrected chi connectivity index (χ3v) is 0.684. The van der Waals surface area contributed by atoms with E-state index >= 15 is 0 Å². The normalized spacial score (nSPS) is 9.62. The number of nitrogens with zero attached hydrogens (tertiary/aromatic N) is 1. The van der Waals surface area contributed by atoms with Crippen LogP contribution in [0.3, 0.4) is 0 Å². The molecule has 1 aromatic heterocycles. The first-order valence-corrected chi connectivity index (χ1v) is 1.88. The van der Waals surface area contributed by atoms with Crippen molar-refractivity contribution in [2.75, 3.05) is 11.5 Å². The Morgan fingerprint density at radius 1 is 1.50 bits per heavy atom. The molecule has 0 saturated carbocycles. The zero-order chi connectivity index (χ0) is 6.15. The molecule has 4 N–H and O–H groups in total. The van der Waals surface area contributed by atoms with Gasteiger partial charge in [-0.15, -0.1) is 0 Å². The number of nitrogens with two attached hydrogens (primary N) is 2. The minimum atomic E-state index is -0.787. The van der Waals surface area contributed by atoms with E-state index in [0.29, 0.717) is 0 Å². The Labute approximate surface area is 44.2 Å². The van der Waals surface area contributed by atoms with Gasteiger partial charge in [0.25, 0.3) is 5.88 Å². The van der Waals surface area contributed by atoms with Crippen LogP contribution in [0.4, 0.5) is 16.1 Å². The molecule has 44 valence electrons. The lowest BCUT2D eigenvalue weighted by Gasteiger charge is -1.76. The minimum absolute atomic E-state index is 0.303. The summed E-state index contributed by atoms with van der Waals surface area (Å²) in [5.41, 5.74) is 9.74. The summed E-state index contributed by atoms with van der Waals surface area (Å²) in [6.07, 6.45) is 0. The predicted octanol–water partition coefficient (Wildman–Crippen LogP) is -0.0219. The molecule has 0 saturated heterocycles. The fourth-order valence-electron chi connectivity index (χ4n) is 0.305. The van der Waals surface area contributed by atoms with Crippen molar-refractivity contribution in [1.82, 2.24) is 5.16 Å². The molecule has 0 spiro atoms. The van der Waals surface area contributed by atoms with Crippen LogP contribution in [0.1, 0.15) is 0 Å². The summed E-state index contributed by atoms with van der Waals surface area (Å²) in [7, 11) is 0. The van der Waals surface area contributed by atoms with Crippen LogP contribution in [0.15, 0.2) is 4.52 Å². The maximum absolute atomic E-state index is 12.1. The van der Waals surface area contributed by atoms with E-state index < -0.39 is 5.82 Å². The van der Waals surface area contributed by atoms with Crippen LogP contribution < -0.4 is 11.5 Å². The lowest BCUT2D eigenvalue weighted by Crippen LogP contribution is -1.89. The second-order valence-corrected chi connectivity index (χ2v) is 1.25. The lowest BCUT2D eigenvalue weighted by atomic mass is 10.6. The van der Waals surface area contributed by atoms with Crippen molar-refractivity contribution in [3.63, 3.8) is 0 Å². The number of hydrogen-bond acceptors (Lipinski definition) is 4. The zero-order valence-electron chi connectivity index (χ0n) is 3.89. The molecular formula is C3H4FN3O. The Hall–Kier alpha value is -1.26. The lowest BCUT2D eigenvalue weighted by molar-refractivity contribution is 0.435. The van der Waals surface area contributed by atoms with Crippen LogP contribution in [0.2, 0.25) is 0 Å². The third-order valence-electron chi connectivity index (χ3n) is 0.684. The minimum Gasteiger partial charge on any atom is -0.378 e. The molecule has 8 heavy (non-hydrogen) atoms. The molecule has 0 radical (unpaired) electrons. The topological polar surface area (TPSA) is 78.1 Å². The maximum atomic E-state index is 12.1. The summed E-state index contributed by atoms with van der Waals surface area (Å²) < 4.78 is 16.2. The van der Waals surface area contributed by atoms with Gasteiger partial charge in [0.05, 0.1) is 0 Å². The summed E-state index contributed by atoms with van der Waals surface area (Å²) in [6, 6.07) is 0. The van der Waals surface area contributed by atoms with Crippen molar-refractivity contribution in [1.29, 1.82) is 0 Å². The largest absolute Gasteiger partial charge is 0.378 e. The van der Waals surface area contributed by atoms with E-state index in [0.717, 1.165) is 0 Å². The summed E-state index contributed by atoms with van der Waals surface area (Å²) in [6.45, 7) is 0. The second-order valence-electron chi connectivity index (χ2n) is 1.25. The van der Waals surface area contributed by atoms with E-state index in [-0.39, 0.29) is 11.7 Å². The van der Waals surface area contributed by atoms with Crippen molar-refractivity contribution in [2.24, 2.45) is 0 Å². The fourth-order valence-corrected chi connectivity index (χ4v) is 0.305. The van der Waals surface area contributed by atoms with Crippen LogP contribution >= 0.6 is 0 Å². The van der Waals surface area contributed by atoms with Crippen LogP contribution in [0, 0.1) is 5.82 Å². The highest BCUT2D eigenvalue weighted by Gasteiger charge is 2.07. The first-order chi connectivity index (χ1) is 3.72. The fraction of sp³-hybridized carbons (Fsp3) is 0. The molecular weight excluding hydrogens is 113 g/mol. The predicted molar refractivity (Wildman–Crippen MR) is 25.3 cm³/mol. The Kier molecular flexibility index (Phi) is 0.831. The number of rotatable bonds is 0. The molecule has 0 amide bonds. The average molecular weight is 117 g/mol. The molecule has 0 fully saturated rings. The van der Waals surface area contributed by atoms with E-state index in [1.807, 2.05) is 0 Å². The quantitative estimate of drug-likeness (QED) is 0.500. The molecule has 0 unspecified atom stereocenters. The van der Waals surface area contributed by atoms with E-state index in [2.05, 4.69) is 9.68 Å². The average Bonchev–Trinajstić information content (AvgIpc) is 1.98. The van der Waals surface area contributed by atoms with Gasteiger partial charge in [0.1, 0.15) is 0 Å². The summed E-state index contributed by atoms with van der Waals surface area (Å²) in [5, 5.41) is 3.02. The number of hydrogen-bond donors (Lipinski definition) is 2. The van der Waals surface area contributed by atoms with Gasteiger partial charge >= 0.3 is 0 Å². The molecule has 0 atom stereocenters. The van der Waals surface area contributed by atoms with Gasteiger partial charge in [-0.3, -0.25) is 0 Å². The van der Waals surface area contributed by atoms with E-state index in [9.17, 15) is 4.39 Å². The van der Waals surface area contributed by atoms with Crippen molar-refractivity contribution < 1.29 is 8.91 Å². The second kappa shape index (κ2) is 1.36. The molecule has 1 heterocycles. The number of aromatic nitrogens is 1. The van der Waals surface area contributed by atoms with Crippen molar-refractivity contribution >= 4 is 11.7 Å². The van der Waals surface area contributed by atoms with Crippen molar-refractivity contribution in [2.45, 2.75) is 0 Å². The van der Waals surface area contributed by atoms with Gasteiger partial charge in [-0.1, -0.05) is 5.16 Å². The third kappa shape index (κ3) is 0.481. The summed E-state index contributed by atoms with van der Waals surface area (Å²) in [4.78, 5) is 0. The van der Waals surface area contributed by atoms with Gasteiger partial charge in [0, 0.05) is 0 Å². The Morgan fingerprint density at radius 2 is 2.12 bits per heavy atom. The molecule has 0 bridgehead atoms. The SMILES string of the molecule is Nc1noc(N)c1F. The molecule has 0 aromatic carbocycles. The van der Waals surface area contributed by atoms with Gasteiger partial charge in [-0.05, 0) is 0 Å². The standard InChI is InChI=1S/C3H4FN3O/c4-1-2(5)7-8-3(1)6/h6H2,(H2,5,7). The van der Waals surface area contributed by atoms with Crippen LogP contribution in [-0.2, 0) is 0 Å². The Morgan fingerprint density at radius 3 is 2.25 bits per heavy atom. The van der Waals surface area contributed by atoms with Gasteiger partial charge < -0.3 is 16.0 Å². The molecule has 5 heteroatoms. The maximum Gasteiger partial charge on any atom is 0.260 e. The molecule has 1 aromatic rings. The van der Waals surface area contributed by atoms with Gasteiger partial charge in [-0.2, -0.15) is 4.39 Å². The number of halogens is 1. The smallest absolute Gasteiger partial charge is 0.260 e. The van der Waals surface area contributed by atoms with Gasteiger partial charge in [0.15, 0.2) is 0 Å². The first kappa shape index (κ1) is 4.89. The first-order valence-electron chi connectivity index (χ1n) is 1.88.